The Kier molecular flexibility index (Phi) is 5.10. The molecular weight excluding hydrogens is 262 g/mol. The molecule has 21 heavy (non-hydrogen) atoms. The van der Waals surface area contributed by atoms with Gasteiger partial charge in [-0.1, -0.05) is 13.8 Å². The van der Waals surface area contributed by atoms with Crippen molar-refractivity contribution in [3.63, 3.8) is 0 Å². The number of imidazole rings is 1. The molecule has 0 spiro atoms. The van der Waals surface area contributed by atoms with E-state index in [1.807, 2.05) is 19.4 Å². The number of hydrogen-bond acceptors (Lipinski definition) is 3. The molecule has 1 aromatic heterocycles. The van der Waals surface area contributed by atoms with Crippen molar-refractivity contribution < 1.29 is 4.74 Å². The Balaban J connectivity index is 1.99. The van der Waals surface area contributed by atoms with Gasteiger partial charge >= 0.3 is 0 Å². The van der Waals surface area contributed by atoms with Crippen LogP contribution in [0, 0.1) is 5.41 Å². The molecule has 0 aliphatic heterocycles. The van der Waals surface area contributed by atoms with Crippen LogP contribution in [-0.2, 0) is 18.2 Å². The second-order valence-corrected chi connectivity index (χ2v) is 7.26. The predicted molar refractivity (Wildman–Crippen MR) is 86.1 cm³/mol. The number of ether oxygens (including phenoxy) is 1. The number of nitrogens with zero attached hydrogens (tertiary/aromatic N) is 2. The Hall–Kier alpha value is -0.870. The Morgan fingerprint density at radius 3 is 2.52 bits per heavy atom. The van der Waals surface area contributed by atoms with E-state index in [-0.39, 0.29) is 11.6 Å². The van der Waals surface area contributed by atoms with E-state index >= 15 is 0 Å². The monoisotopic (exact) mass is 293 g/mol. The second-order valence-electron chi connectivity index (χ2n) is 7.26. The van der Waals surface area contributed by atoms with Gasteiger partial charge in [0.05, 0.1) is 5.60 Å². The number of hydrogen-bond donors (Lipinski definition) is 1. The highest BCUT2D eigenvalue weighted by molar-refractivity contribution is 5.00. The van der Waals surface area contributed by atoms with Gasteiger partial charge < -0.3 is 15.0 Å². The Bertz CT molecular complexity index is 443. The van der Waals surface area contributed by atoms with Crippen LogP contribution < -0.4 is 5.73 Å². The molecule has 0 aromatic carbocycles. The minimum absolute atomic E-state index is 0.0882. The lowest BCUT2D eigenvalue weighted by Crippen LogP contribution is -2.53. The Labute approximate surface area is 129 Å². The zero-order valence-electron chi connectivity index (χ0n) is 14.1. The summed E-state index contributed by atoms with van der Waals surface area (Å²) in [6, 6.07) is 0.0882. The van der Waals surface area contributed by atoms with Gasteiger partial charge in [0, 0.05) is 38.5 Å². The van der Waals surface area contributed by atoms with Crippen molar-refractivity contribution in [3.05, 3.63) is 18.2 Å². The number of aryl methyl sites for hydroxylation is 2. The lowest BCUT2D eigenvalue weighted by atomic mass is 9.68. The maximum atomic E-state index is 6.56. The van der Waals surface area contributed by atoms with Crippen LogP contribution in [0.3, 0.4) is 0 Å². The molecule has 120 valence electrons. The summed E-state index contributed by atoms with van der Waals surface area (Å²) in [5, 5.41) is 0. The summed E-state index contributed by atoms with van der Waals surface area (Å²) in [5.41, 5.74) is 6.86. The second kappa shape index (κ2) is 6.49. The topological polar surface area (TPSA) is 53.1 Å². The van der Waals surface area contributed by atoms with Crippen LogP contribution in [0.25, 0.3) is 0 Å². The molecule has 0 bridgehead atoms. The van der Waals surface area contributed by atoms with E-state index in [1.54, 1.807) is 0 Å². The highest BCUT2D eigenvalue weighted by Crippen LogP contribution is 2.43. The van der Waals surface area contributed by atoms with Crippen LogP contribution in [0.4, 0.5) is 0 Å². The molecule has 1 atom stereocenters. The smallest absolute Gasteiger partial charge is 0.108 e. The van der Waals surface area contributed by atoms with Crippen molar-refractivity contribution in [3.8, 4) is 0 Å². The Morgan fingerprint density at radius 1 is 1.33 bits per heavy atom. The first-order valence-corrected chi connectivity index (χ1v) is 8.24. The largest absolute Gasteiger partial charge is 0.374 e. The standard InChI is InChI=1S/C17H31N3O/c1-5-21-17(10-8-16(2,3)9-11-17)14(18)6-7-15-19-12-13-20(15)4/h12-14H,5-11,18H2,1-4H3. The molecule has 1 unspecified atom stereocenters. The van der Waals surface area contributed by atoms with Crippen molar-refractivity contribution in [2.75, 3.05) is 6.61 Å². The maximum Gasteiger partial charge on any atom is 0.108 e. The fourth-order valence-electron chi connectivity index (χ4n) is 3.44. The molecule has 4 heteroatoms. The van der Waals surface area contributed by atoms with Gasteiger partial charge in [0.15, 0.2) is 0 Å². The van der Waals surface area contributed by atoms with Crippen LogP contribution in [0.5, 0.6) is 0 Å². The van der Waals surface area contributed by atoms with Gasteiger partial charge in [-0.05, 0) is 44.4 Å². The molecule has 0 saturated heterocycles. The average molecular weight is 293 g/mol. The highest BCUT2D eigenvalue weighted by Gasteiger charge is 2.43. The van der Waals surface area contributed by atoms with Gasteiger partial charge in [-0.3, -0.25) is 0 Å². The van der Waals surface area contributed by atoms with Crippen molar-refractivity contribution >= 4 is 0 Å². The summed E-state index contributed by atoms with van der Waals surface area (Å²) >= 11 is 0. The van der Waals surface area contributed by atoms with Crippen LogP contribution in [0.1, 0.15) is 58.7 Å². The molecular formula is C17H31N3O. The van der Waals surface area contributed by atoms with E-state index in [0.717, 1.165) is 38.1 Å². The van der Waals surface area contributed by atoms with Gasteiger partial charge in [-0.25, -0.2) is 4.98 Å². The third-order valence-electron chi connectivity index (χ3n) is 5.16. The van der Waals surface area contributed by atoms with Gasteiger partial charge in [0.25, 0.3) is 0 Å². The molecule has 0 amide bonds. The van der Waals surface area contributed by atoms with Crippen LogP contribution >= 0.6 is 0 Å². The van der Waals surface area contributed by atoms with E-state index in [4.69, 9.17) is 10.5 Å². The van der Waals surface area contributed by atoms with E-state index in [0.29, 0.717) is 5.41 Å². The minimum Gasteiger partial charge on any atom is -0.374 e. The van der Waals surface area contributed by atoms with E-state index in [9.17, 15) is 0 Å². The summed E-state index contributed by atoms with van der Waals surface area (Å²) in [4.78, 5) is 4.39. The molecule has 1 saturated carbocycles. The van der Waals surface area contributed by atoms with Crippen molar-refractivity contribution in [2.24, 2.45) is 18.2 Å². The van der Waals surface area contributed by atoms with Crippen molar-refractivity contribution in [2.45, 2.75) is 70.9 Å². The van der Waals surface area contributed by atoms with Gasteiger partial charge in [-0.15, -0.1) is 0 Å². The average Bonchev–Trinajstić information content (AvgIpc) is 2.84. The minimum atomic E-state index is -0.130. The number of nitrogens with two attached hydrogens (primary N) is 1. The van der Waals surface area contributed by atoms with Crippen molar-refractivity contribution in [1.82, 2.24) is 9.55 Å². The molecule has 1 fully saturated rings. The van der Waals surface area contributed by atoms with Gasteiger partial charge in [-0.2, -0.15) is 0 Å². The van der Waals surface area contributed by atoms with E-state index in [2.05, 4.69) is 30.3 Å². The summed E-state index contributed by atoms with van der Waals surface area (Å²) in [7, 11) is 2.04. The molecule has 4 nitrogen and oxygen atoms in total. The fourth-order valence-corrected chi connectivity index (χ4v) is 3.44. The predicted octanol–water partition coefficient (Wildman–Crippen LogP) is 3.06. The molecule has 1 heterocycles. The van der Waals surface area contributed by atoms with Crippen molar-refractivity contribution in [1.29, 1.82) is 0 Å². The first-order valence-electron chi connectivity index (χ1n) is 8.24. The molecule has 1 aromatic rings. The SMILES string of the molecule is CCOC1(C(N)CCc2nccn2C)CCC(C)(C)CC1. The lowest BCUT2D eigenvalue weighted by molar-refractivity contribution is -0.100. The number of aromatic nitrogens is 2. The summed E-state index contributed by atoms with van der Waals surface area (Å²) in [6.07, 6.45) is 10.2. The van der Waals surface area contributed by atoms with E-state index < -0.39 is 0 Å². The van der Waals surface area contributed by atoms with Crippen LogP contribution in [-0.4, -0.2) is 27.8 Å². The normalized spacial score (nSPS) is 22.1. The molecule has 2 N–H and O–H groups in total. The van der Waals surface area contributed by atoms with Gasteiger partial charge in [0.2, 0.25) is 0 Å². The third kappa shape index (κ3) is 3.86. The zero-order valence-corrected chi connectivity index (χ0v) is 14.1. The molecule has 2 rings (SSSR count). The first-order chi connectivity index (χ1) is 9.88. The summed E-state index contributed by atoms with van der Waals surface area (Å²) < 4.78 is 8.25. The summed E-state index contributed by atoms with van der Waals surface area (Å²) in [5.74, 6) is 1.10. The third-order valence-corrected chi connectivity index (χ3v) is 5.16. The highest BCUT2D eigenvalue weighted by atomic mass is 16.5. The van der Waals surface area contributed by atoms with Crippen LogP contribution in [0.2, 0.25) is 0 Å². The Morgan fingerprint density at radius 2 is 2.00 bits per heavy atom. The molecule has 1 aliphatic carbocycles. The van der Waals surface area contributed by atoms with E-state index in [1.165, 1.54) is 12.8 Å². The fraction of sp³-hybridized carbons (Fsp3) is 0.824. The lowest BCUT2D eigenvalue weighted by Gasteiger charge is -2.46. The van der Waals surface area contributed by atoms with Gasteiger partial charge in [0.1, 0.15) is 5.82 Å². The quantitative estimate of drug-likeness (QED) is 0.877. The summed E-state index contributed by atoms with van der Waals surface area (Å²) in [6.45, 7) is 7.52. The molecule has 0 radical (unpaired) electrons. The van der Waals surface area contributed by atoms with Crippen LogP contribution in [0.15, 0.2) is 12.4 Å². The number of rotatable bonds is 6. The maximum absolute atomic E-state index is 6.56. The first kappa shape index (κ1) is 16.5. The molecule has 1 aliphatic rings. The zero-order chi connectivity index (χ0) is 15.5.